The van der Waals surface area contributed by atoms with Crippen molar-refractivity contribution in [3.8, 4) is 0 Å². The quantitative estimate of drug-likeness (QED) is 0.577. The molecule has 0 amide bonds. The first-order valence-corrected chi connectivity index (χ1v) is 4.96. The lowest BCUT2D eigenvalue weighted by Crippen LogP contribution is -2.19. The molecule has 2 nitrogen and oxygen atoms in total. The molecule has 0 aliphatic heterocycles. The number of ketones is 2. The van der Waals surface area contributed by atoms with Gasteiger partial charge in [0.1, 0.15) is 0 Å². The lowest BCUT2D eigenvalue weighted by atomic mass is 9.82. The van der Waals surface area contributed by atoms with E-state index in [2.05, 4.69) is 0 Å². The average Bonchev–Trinajstić information content (AvgIpc) is 2.62. The molecule has 3 aliphatic rings. The van der Waals surface area contributed by atoms with E-state index in [4.69, 9.17) is 0 Å². The molecule has 0 radical (unpaired) electrons. The molecule has 3 rings (SSSR count). The van der Waals surface area contributed by atoms with Gasteiger partial charge in [-0.1, -0.05) is 12.2 Å². The van der Waals surface area contributed by atoms with Crippen LogP contribution in [0.15, 0.2) is 34.9 Å². The molecule has 0 bridgehead atoms. The Labute approximate surface area is 82.0 Å². The monoisotopic (exact) mass is 186 g/mol. The fourth-order valence-electron chi connectivity index (χ4n) is 2.61. The third-order valence-corrected chi connectivity index (χ3v) is 3.28. The van der Waals surface area contributed by atoms with Crippen LogP contribution in [0.2, 0.25) is 0 Å². The number of rotatable bonds is 0. The summed E-state index contributed by atoms with van der Waals surface area (Å²) in [4.78, 5) is 23.1. The van der Waals surface area contributed by atoms with Crippen LogP contribution < -0.4 is 0 Å². The fraction of sp³-hybridized carbons (Fsp3) is 0.333. The molecule has 0 saturated heterocycles. The van der Waals surface area contributed by atoms with Crippen LogP contribution in [0.5, 0.6) is 0 Å². The molecule has 3 aliphatic carbocycles. The second kappa shape index (κ2) is 2.53. The molecule has 0 aromatic rings. The molecule has 2 heteroatoms. The first kappa shape index (κ1) is 7.92. The van der Waals surface area contributed by atoms with E-state index in [-0.39, 0.29) is 17.5 Å². The second-order valence-electron chi connectivity index (χ2n) is 4.01. The van der Waals surface area contributed by atoms with Crippen molar-refractivity contribution in [2.24, 2.45) is 5.92 Å². The number of hydrogen-bond donors (Lipinski definition) is 0. The molecule has 0 heterocycles. The highest BCUT2D eigenvalue weighted by atomic mass is 16.1. The van der Waals surface area contributed by atoms with Gasteiger partial charge in [0.15, 0.2) is 11.6 Å². The van der Waals surface area contributed by atoms with Crippen molar-refractivity contribution >= 4 is 11.6 Å². The Hall–Kier alpha value is -1.44. The van der Waals surface area contributed by atoms with Crippen molar-refractivity contribution in [2.75, 3.05) is 0 Å². The number of allylic oxidation sites excluding steroid dienone is 6. The zero-order chi connectivity index (χ0) is 9.71. The Kier molecular flexibility index (Phi) is 1.43. The van der Waals surface area contributed by atoms with Gasteiger partial charge in [-0.3, -0.25) is 9.59 Å². The first-order valence-electron chi connectivity index (χ1n) is 4.96. The molecule has 1 atom stereocenters. The van der Waals surface area contributed by atoms with Crippen LogP contribution in [-0.2, 0) is 9.59 Å². The van der Waals surface area contributed by atoms with Crippen LogP contribution in [0.4, 0.5) is 0 Å². The number of carbonyl (C=O) groups excluding carboxylic acids is 2. The molecule has 0 saturated carbocycles. The summed E-state index contributed by atoms with van der Waals surface area (Å²) >= 11 is 0. The van der Waals surface area contributed by atoms with Crippen LogP contribution in [-0.4, -0.2) is 11.6 Å². The maximum Gasteiger partial charge on any atom is 0.163 e. The highest BCUT2D eigenvalue weighted by Crippen LogP contribution is 2.43. The summed E-state index contributed by atoms with van der Waals surface area (Å²) in [5.74, 6) is 0.377. The number of Topliss-reactive ketones (excluding diaryl/α,β-unsaturated/α-hetero) is 1. The summed E-state index contributed by atoms with van der Waals surface area (Å²) in [7, 11) is 0. The molecule has 0 spiro atoms. The van der Waals surface area contributed by atoms with Crippen molar-refractivity contribution in [3.05, 3.63) is 34.9 Å². The number of hydrogen-bond acceptors (Lipinski definition) is 2. The first-order chi connectivity index (χ1) is 6.77. The molecule has 1 unspecified atom stereocenters. The Morgan fingerprint density at radius 1 is 1.21 bits per heavy atom. The van der Waals surface area contributed by atoms with Gasteiger partial charge in [0.25, 0.3) is 0 Å². The fourth-order valence-corrected chi connectivity index (χ4v) is 2.61. The lowest BCUT2D eigenvalue weighted by molar-refractivity contribution is -0.117. The minimum atomic E-state index is -0.00880. The summed E-state index contributed by atoms with van der Waals surface area (Å²) in [5.41, 5.74) is 3.07. The molecule has 14 heavy (non-hydrogen) atoms. The van der Waals surface area contributed by atoms with E-state index in [1.807, 2.05) is 12.2 Å². The summed E-state index contributed by atoms with van der Waals surface area (Å²) in [5, 5.41) is 0. The van der Waals surface area contributed by atoms with Gasteiger partial charge in [-0.05, 0) is 35.6 Å². The van der Waals surface area contributed by atoms with Crippen LogP contribution in [0, 0.1) is 5.92 Å². The van der Waals surface area contributed by atoms with E-state index < -0.39 is 0 Å². The molecule has 0 aromatic heterocycles. The topological polar surface area (TPSA) is 34.1 Å². The largest absolute Gasteiger partial charge is 0.294 e. The van der Waals surface area contributed by atoms with Gasteiger partial charge in [-0.15, -0.1) is 0 Å². The predicted octanol–water partition coefficient (Wildman–Crippen LogP) is 1.73. The predicted molar refractivity (Wildman–Crippen MR) is 51.6 cm³/mol. The van der Waals surface area contributed by atoms with Crippen LogP contribution in [0.3, 0.4) is 0 Å². The zero-order valence-corrected chi connectivity index (χ0v) is 7.75. The van der Waals surface area contributed by atoms with Gasteiger partial charge in [0.2, 0.25) is 0 Å². The Morgan fingerprint density at radius 3 is 2.93 bits per heavy atom. The molecular weight excluding hydrogens is 176 g/mol. The van der Waals surface area contributed by atoms with Crippen LogP contribution in [0.25, 0.3) is 0 Å². The van der Waals surface area contributed by atoms with E-state index >= 15 is 0 Å². The van der Waals surface area contributed by atoms with Crippen LogP contribution >= 0.6 is 0 Å². The van der Waals surface area contributed by atoms with Gasteiger partial charge < -0.3 is 0 Å². The van der Waals surface area contributed by atoms with Crippen molar-refractivity contribution in [1.29, 1.82) is 0 Å². The van der Waals surface area contributed by atoms with E-state index in [9.17, 15) is 9.59 Å². The van der Waals surface area contributed by atoms with E-state index in [1.54, 1.807) is 6.08 Å². The Balaban J connectivity index is 2.23. The van der Waals surface area contributed by atoms with E-state index in [1.165, 1.54) is 0 Å². The lowest BCUT2D eigenvalue weighted by Gasteiger charge is -2.21. The third kappa shape index (κ3) is 0.857. The molecule has 0 N–H and O–H groups in total. The minimum Gasteiger partial charge on any atom is -0.294 e. The molecule has 0 fully saturated rings. The van der Waals surface area contributed by atoms with Gasteiger partial charge in [0, 0.05) is 12.3 Å². The average molecular weight is 186 g/mol. The summed E-state index contributed by atoms with van der Waals surface area (Å²) < 4.78 is 0. The smallest absolute Gasteiger partial charge is 0.163 e. The SMILES string of the molecule is O=C1CC=C2C=CC(=O)C3CCC1=C23. The van der Waals surface area contributed by atoms with E-state index in [0.29, 0.717) is 6.42 Å². The highest BCUT2D eigenvalue weighted by molar-refractivity contribution is 6.06. The summed E-state index contributed by atoms with van der Waals surface area (Å²) in [6.07, 6.45) is 7.59. The summed E-state index contributed by atoms with van der Waals surface area (Å²) in [6, 6.07) is 0. The number of carbonyl (C=O) groups is 2. The Bertz CT molecular complexity index is 435. The zero-order valence-electron chi connectivity index (χ0n) is 7.75. The van der Waals surface area contributed by atoms with Gasteiger partial charge in [-0.25, -0.2) is 0 Å². The second-order valence-corrected chi connectivity index (χ2v) is 4.01. The van der Waals surface area contributed by atoms with E-state index in [0.717, 1.165) is 29.6 Å². The normalized spacial score (nSPS) is 29.4. The van der Waals surface area contributed by atoms with Crippen molar-refractivity contribution in [1.82, 2.24) is 0 Å². The molecular formula is C12H10O2. The summed E-state index contributed by atoms with van der Waals surface area (Å²) in [6.45, 7) is 0. The third-order valence-electron chi connectivity index (χ3n) is 3.28. The highest BCUT2D eigenvalue weighted by Gasteiger charge is 2.37. The molecule has 0 aromatic carbocycles. The van der Waals surface area contributed by atoms with Gasteiger partial charge >= 0.3 is 0 Å². The molecule has 70 valence electrons. The Morgan fingerprint density at radius 2 is 2.07 bits per heavy atom. The maximum absolute atomic E-state index is 11.6. The minimum absolute atomic E-state index is 0.00880. The van der Waals surface area contributed by atoms with Crippen molar-refractivity contribution < 1.29 is 9.59 Å². The van der Waals surface area contributed by atoms with Gasteiger partial charge in [0.05, 0.1) is 0 Å². The maximum atomic E-state index is 11.6. The van der Waals surface area contributed by atoms with Crippen LogP contribution in [0.1, 0.15) is 19.3 Å². The van der Waals surface area contributed by atoms with Gasteiger partial charge in [-0.2, -0.15) is 0 Å². The van der Waals surface area contributed by atoms with Crippen molar-refractivity contribution in [3.63, 3.8) is 0 Å². The standard InChI is InChI=1S/C12H10O2/c13-10-5-1-7-2-6-11(14)9-4-3-8(10)12(7)9/h1-2,5,8H,3-4,6H2. The van der Waals surface area contributed by atoms with Crippen molar-refractivity contribution in [2.45, 2.75) is 19.3 Å².